The SMILES string of the molecule is CCC1CCC(C)N1C(=O)c1cccc(Cl)n1. The third kappa shape index (κ3) is 2.44. The first-order valence-electron chi connectivity index (χ1n) is 6.08. The second-order valence-corrected chi connectivity index (χ2v) is 4.93. The monoisotopic (exact) mass is 252 g/mol. The van der Waals surface area contributed by atoms with Crippen molar-refractivity contribution in [1.82, 2.24) is 9.88 Å². The summed E-state index contributed by atoms with van der Waals surface area (Å²) in [5.41, 5.74) is 0.449. The summed E-state index contributed by atoms with van der Waals surface area (Å²) in [6.07, 6.45) is 3.16. The largest absolute Gasteiger partial charge is 0.332 e. The summed E-state index contributed by atoms with van der Waals surface area (Å²) >= 11 is 5.82. The van der Waals surface area contributed by atoms with Gasteiger partial charge in [0.15, 0.2) is 0 Å². The van der Waals surface area contributed by atoms with Crippen LogP contribution in [0.2, 0.25) is 5.15 Å². The maximum Gasteiger partial charge on any atom is 0.272 e. The molecule has 1 aromatic rings. The van der Waals surface area contributed by atoms with Gasteiger partial charge in [0, 0.05) is 12.1 Å². The first-order valence-corrected chi connectivity index (χ1v) is 6.46. The number of carbonyl (C=O) groups excluding carboxylic acids is 1. The molecule has 92 valence electrons. The molecule has 0 spiro atoms. The van der Waals surface area contributed by atoms with Gasteiger partial charge in [-0.1, -0.05) is 24.6 Å². The minimum Gasteiger partial charge on any atom is -0.332 e. The van der Waals surface area contributed by atoms with Crippen LogP contribution in [0.1, 0.15) is 43.6 Å². The lowest BCUT2D eigenvalue weighted by Crippen LogP contribution is -2.40. The molecule has 1 amide bonds. The normalized spacial score (nSPS) is 24.1. The van der Waals surface area contributed by atoms with Crippen LogP contribution in [0, 0.1) is 0 Å². The number of pyridine rings is 1. The molecule has 1 saturated heterocycles. The number of carbonyl (C=O) groups is 1. The van der Waals surface area contributed by atoms with E-state index in [-0.39, 0.29) is 5.91 Å². The number of aromatic nitrogens is 1. The summed E-state index contributed by atoms with van der Waals surface area (Å²) < 4.78 is 0. The average molecular weight is 253 g/mol. The molecular weight excluding hydrogens is 236 g/mol. The molecule has 0 radical (unpaired) electrons. The molecule has 4 heteroatoms. The lowest BCUT2D eigenvalue weighted by molar-refractivity contribution is 0.0670. The molecular formula is C13H17ClN2O. The van der Waals surface area contributed by atoms with E-state index in [1.165, 1.54) is 0 Å². The Bertz CT molecular complexity index is 422. The minimum atomic E-state index is 0.00403. The van der Waals surface area contributed by atoms with Crippen LogP contribution in [-0.4, -0.2) is 27.9 Å². The zero-order valence-corrected chi connectivity index (χ0v) is 10.9. The molecule has 2 heterocycles. The molecule has 17 heavy (non-hydrogen) atoms. The molecule has 2 unspecified atom stereocenters. The molecule has 1 fully saturated rings. The van der Waals surface area contributed by atoms with Crippen LogP contribution in [0.5, 0.6) is 0 Å². The Hall–Kier alpha value is -1.09. The predicted octanol–water partition coefficient (Wildman–Crippen LogP) is 3.14. The number of rotatable bonds is 2. The number of likely N-dealkylation sites (tertiary alicyclic amines) is 1. The number of halogens is 1. The van der Waals surface area contributed by atoms with E-state index >= 15 is 0 Å². The minimum absolute atomic E-state index is 0.00403. The summed E-state index contributed by atoms with van der Waals surface area (Å²) in [6, 6.07) is 5.82. The average Bonchev–Trinajstić information content (AvgIpc) is 2.69. The number of hydrogen-bond acceptors (Lipinski definition) is 2. The topological polar surface area (TPSA) is 33.2 Å². The highest BCUT2D eigenvalue weighted by Gasteiger charge is 2.34. The molecule has 3 nitrogen and oxygen atoms in total. The van der Waals surface area contributed by atoms with Crippen LogP contribution in [0.3, 0.4) is 0 Å². The van der Waals surface area contributed by atoms with Crippen molar-refractivity contribution >= 4 is 17.5 Å². The highest BCUT2D eigenvalue weighted by Crippen LogP contribution is 2.27. The zero-order valence-electron chi connectivity index (χ0n) is 10.2. The fourth-order valence-electron chi connectivity index (χ4n) is 2.50. The third-order valence-electron chi connectivity index (χ3n) is 3.43. The van der Waals surface area contributed by atoms with Gasteiger partial charge in [0.05, 0.1) is 0 Å². The summed E-state index contributed by atoms with van der Waals surface area (Å²) in [7, 11) is 0. The van der Waals surface area contributed by atoms with Crippen molar-refractivity contribution in [3.05, 3.63) is 29.0 Å². The van der Waals surface area contributed by atoms with E-state index in [1.54, 1.807) is 18.2 Å². The van der Waals surface area contributed by atoms with Gasteiger partial charge in [-0.15, -0.1) is 0 Å². The summed E-state index contributed by atoms with van der Waals surface area (Å²) in [5.74, 6) is 0.00403. The molecule has 1 aromatic heterocycles. The molecule has 0 aliphatic carbocycles. The molecule has 2 atom stereocenters. The first-order chi connectivity index (χ1) is 8.13. The maximum atomic E-state index is 12.4. The van der Waals surface area contributed by atoms with Gasteiger partial charge < -0.3 is 4.90 Å². The van der Waals surface area contributed by atoms with Gasteiger partial charge in [-0.05, 0) is 38.3 Å². The smallest absolute Gasteiger partial charge is 0.272 e. The lowest BCUT2D eigenvalue weighted by Gasteiger charge is -2.27. The van der Waals surface area contributed by atoms with Gasteiger partial charge >= 0.3 is 0 Å². The van der Waals surface area contributed by atoms with E-state index in [1.807, 2.05) is 4.90 Å². The van der Waals surface area contributed by atoms with Crippen LogP contribution >= 0.6 is 11.6 Å². The van der Waals surface area contributed by atoms with Gasteiger partial charge in [-0.3, -0.25) is 4.79 Å². The molecule has 0 bridgehead atoms. The number of amides is 1. The van der Waals surface area contributed by atoms with E-state index in [4.69, 9.17) is 11.6 Å². The lowest BCUT2D eigenvalue weighted by atomic mass is 10.1. The van der Waals surface area contributed by atoms with Gasteiger partial charge in [-0.2, -0.15) is 0 Å². The van der Waals surface area contributed by atoms with Crippen molar-refractivity contribution in [1.29, 1.82) is 0 Å². The van der Waals surface area contributed by atoms with Crippen LogP contribution in [-0.2, 0) is 0 Å². The first kappa shape index (κ1) is 12.4. The zero-order chi connectivity index (χ0) is 12.4. The Balaban J connectivity index is 2.24. The van der Waals surface area contributed by atoms with Crippen molar-refractivity contribution < 1.29 is 4.79 Å². The van der Waals surface area contributed by atoms with E-state index in [2.05, 4.69) is 18.8 Å². The van der Waals surface area contributed by atoms with Crippen molar-refractivity contribution in [2.75, 3.05) is 0 Å². The van der Waals surface area contributed by atoms with Crippen LogP contribution in [0.25, 0.3) is 0 Å². The Kier molecular flexibility index (Phi) is 3.67. The van der Waals surface area contributed by atoms with E-state index in [0.717, 1.165) is 19.3 Å². The Labute approximate surface area is 107 Å². The predicted molar refractivity (Wildman–Crippen MR) is 68.2 cm³/mol. The van der Waals surface area contributed by atoms with Gasteiger partial charge in [0.1, 0.15) is 10.8 Å². The van der Waals surface area contributed by atoms with E-state index in [9.17, 15) is 4.79 Å². The second-order valence-electron chi connectivity index (χ2n) is 4.55. The molecule has 1 aliphatic rings. The quantitative estimate of drug-likeness (QED) is 0.758. The maximum absolute atomic E-state index is 12.4. The number of nitrogens with zero attached hydrogens (tertiary/aromatic N) is 2. The third-order valence-corrected chi connectivity index (χ3v) is 3.64. The van der Waals surface area contributed by atoms with Crippen molar-refractivity contribution in [2.45, 2.75) is 45.2 Å². The summed E-state index contributed by atoms with van der Waals surface area (Å²) in [5, 5.41) is 0.371. The fourth-order valence-corrected chi connectivity index (χ4v) is 2.66. The van der Waals surface area contributed by atoms with Gasteiger partial charge in [0.2, 0.25) is 0 Å². The summed E-state index contributed by atoms with van der Waals surface area (Å²) in [4.78, 5) is 18.4. The van der Waals surface area contributed by atoms with Crippen LogP contribution < -0.4 is 0 Å². The van der Waals surface area contributed by atoms with Crippen molar-refractivity contribution in [3.63, 3.8) is 0 Å². The van der Waals surface area contributed by atoms with Crippen molar-refractivity contribution in [2.24, 2.45) is 0 Å². The highest BCUT2D eigenvalue weighted by atomic mass is 35.5. The second kappa shape index (κ2) is 5.05. The molecule has 1 aliphatic heterocycles. The Morgan fingerprint density at radius 1 is 1.53 bits per heavy atom. The standard InChI is InChI=1S/C13H17ClN2O/c1-3-10-8-7-9(2)16(10)13(17)11-5-4-6-12(14)15-11/h4-6,9-10H,3,7-8H2,1-2H3. The molecule has 0 aromatic carbocycles. The van der Waals surface area contributed by atoms with Crippen molar-refractivity contribution in [3.8, 4) is 0 Å². The highest BCUT2D eigenvalue weighted by molar-refractivity contribution is 6.29. The van der Waals surface area contributed by atoms with Gasteiger partial charge in [0.25, 0.3) is 5.91 Å². The van der Waals surface area contributed by atoms with E-state index in [0.29, 0.717) is 22.9 Å². The number of hydrogen-bond donors (Lipinski definition) is 0. The van der Waals surface area contributed by atoms with E-state index < -0.39 is 0 Å². The molecule has 2 rings (SSSR count). The van der Waals surface area contributed by atoms with Gasteiger partial charge in [-0.25, -0.2) is 4.98 Å². The summed E-state index contributed by atoms with van der Waals surface area (Å²) in [6.45, 7) is 4.21. The molecule has 0 saturated carbocycles. The van der Waals surface area contributed by atoms with Crippen LogP contribution in [0.15, 0.2) is 18.2 Å². The fraction of sp³-hybridized carbons (Fsp3) is 0.538. The molecule has 0 N–H and O–H groups in total. The Morgan fingerprint density at radius 3 is 2.94 bits per heavy atom. The Morgan fingerprint density at radius 2 is 2.29 bits per heavy atom. The van der Waals surface area contributed by atoms with Crippen LogP contribution in [0.4, 0.5) is 0 Å².